The summed E-state index contributed by atoms with van der Waals surface area (Å²) in [7, 11) is 2.06. The Bertz CT molecular complexity index is 1590. The highest BCUT2D eigenvalue weighted by Crippen LogP contribution is 2.46. The van der Waals surface area contributed by atoms with Gasteiger partial charge in [-0.05, 0) is 48.7 Å². The number of aryl methyl sites for hydroxylation is 1. The van der Waals surface area contributed by atoms with Crippen molar-refractivity contribution in [3.05, 3.63) is 95.2 Å². The van der Waals surface area contributed by atoms with E-state index in [1.807, 2.05) is 35.2 Å². The van der Waals surface area contributed by atoms with Crippen LogP contribution in [0.2, 0.25) is 0 Å². The Morgan fingerprint density at radius 3 is 2.68 bits per heavy atom. The number of hydrogen-bond acceptors (Lipinski definition) is 5. The number of carbonyl (C=O) groups excluding carboxylic acids is 1. The first-order valence-corrected chi connectivity index (χ1v) is 11.4. The van der Waals surface area contributed by atoms with Crippen LogP contribution in [0.1, 0.15) is 30.7 Å². The summed E-state index contributed by atoms with van der Waals surface area (Å²) >= 11 is 0. The van der Waals surface area contributed by atoms with E-state index in [2.05, 4.69) is 46.9 Å². The van der Waals surface area contributed by atoms with E-state index in [0.29, 0.717) is 23.4 Å². The van der Waals surface area contributed by atoms with Crippen molar-refractivity contribution >= 4 is 33.3 Å². The smallest absolute Gasteiger partial charge is 0.161 e. The quantitative estimate of drug-likeness (QED) is 0.467. The number of allylic oxidation sites excluding steroid dienone is 3. The Balaban J connectivity index is 1.61. The highest BCUT2D eigenvalue weighted by atomic mass is 16.1. The monoisotopic (exact) mass is 445 g/mol. The molecule has 0 fully saturated rings. The number of nitriles is 1. The lowest BCUT2D eigenvalue weighted by Crippen LogP contribution is -2.38. The highest BCUT2D eigenvalue weighted by molar-refractivity contribution is 6.08. The zero-order valence-electron chi connectivity index (χ0n) is 18.8. The third-order valence-corrected chi connectivity index (χ3v) is 7.09. The molecule has 166 valence electrons. The summed E-state index contributed by atoms with van der Waals surface area (Å²) in [4.78, 5) is 19.4. The van der Waals surface area contributed by atoms with Crippen LogP contribution >= 0.6 is 0 Å². The second-order valence-corrected chi connectivity index (χ2v) is 8.88. The summed E-state index contributed by atoms with van der Waals surface area (Å²) in [6, 6.07) is 20.6. The van der Waals surface area contributed by atoms with Gasteiger partial charge >= 0.3 is 0 Å². The van der Waals surface area contributed by atoms with Crippen LogP contribution in [0, 0.1) is 11.3 Å². The molecule has 1 atom stereocenters. The number of nitrogens with two attached hydrogens (primary N) is 1. The second kappa shape index (κ2) is 7.60. The summed E-state index contributed by atoms with van der Waals surface area (Å²) < 4.78 is 2.17. The lowest BCUT2D eigenvalue weighted by molar-refractivity contribution is -0.116. The number of nitrogens with zero attached hydrogens (tertiary/aromatic N) is 4. The average molecular weight is 446 g/mol. The molecular formula is C28H23N5O. The number of pyridine rings is 1. The van der Waals surface area contributed by atoms with E-state index in [1.165, 1.54) is 0 Å². The molecule has 2 aromatic heterocycles. The number of hydrogen-bond donors (Lipinski definition) is 1. The first-order chi connectivity index (χ1) is 16.6. The van der Waals surface area contributed by atoms with Crippen molar-refractivity contribution in [2.75, 3.05) is 4.90 Å². The Morgan fingerprint density at radius 2 is 1.88 bits per heavy atom. The second-order valence-electron chi connectivity index (χ2n) is 8.88. The molecule has 0 radical (unpaired) electrons. The van der Waals surface area contributed by atoms with Crippen molar-refractivity contribution in [1.29, 1.82) is 5.26 Å². The molecule has 2 aliphatic rings. The molecule has 0 saturated carbocycles. The third kappa shape index (κ3) is 2.80. The topological polar surface area (TPSA) is 87.9 Å². The Hall–Kier alpha value is -4.37. The van der Waals surface area contributed by atoms with E-state index in [9.17, 15) is 10.1 Å². The number of rotatable bonds is 2. The van der Waals surface area contributed by atoms with Gasteiger partial charge in [0.2, 0.25) is 0 Å². The van der Waals surface area contributed by atoms with E-state index < -0.39 is 5.92 Å². The fourth-order valence-corrected chi connectivity index (χ4v) is 5.57. The highest BCUT2D eigenvalue weighted by Gasteiger charge is 2.40. The molecule has 0 unspecified atom stereocenters. The lowest BCUT2D eigenvalue weighted by atomic mass is 9.75. The molecule has 1 aliphatic heterocycles. The standard InChI is InChI=1S/C28H23N5O/c1-32-22-8-3-2-7-19(22)20-14-17(11-12-23(20)32)26-21(15-29)28(30)33(18-6-5-13-31-16-18)24-9-4-10-25(34)27(24)26/h2-3,5-8,11-14,16,26H,4,9-10,30H2,1H3/t26-/m0/s1. The minimum absolute atomic E-state index is 0.0819. The first-order valence-electron chi connectivity index (χ1n) is 11.4. The molecule has 0 amide bonds. The van der Waals surface area contributed by atoms with Gasteiger partial charge in [0, 0.05) is 52.7 Å². The maximum Gasteiger partial charge on any atom is 0.161 e. The molecule has 2 aromatic carbocycles. The molecule has 34 heavy (non-hydrogen) atoms. The van der Waals surface area contributed by atoms with Gasteiger partial charge in [0.25, 0.3) is 0 Å². The van der Waals surface area contributed by atoms with Crippen molar-refractivity contribution in [2.45, 2.75) is 25.2 Å². The van der Waals surface area contributed by atoms with Crippen LogP contribution in [-0.2, 0) is 11.8 Å². The Labute approximate surface area is 197 Å². The number of anilines is 1. The van der Waals surface area contributed by atoms with Crippen LogP contribution in [0.15, 0.2) is 89.7 Å². The van der Waals surface area contributed by atoms with E-state index in [-0.39, 0.29) is 5.78 Å². The number of carbonyl (C=O) groups is 1. The van der Waals surface area contributed by atoms with Crippen molar-refractivity contribution < 1.29 is 4.79 Å². The van der Waals surface area contributed by atoms with Gasteiger partial charge < -0.3 is 10.3 Å². The van der Waals surface area contributed by atoms with Crippen LogP contribution in [0.5, 0.6) is 0 Å². The molecule has 4 aromatic rings. The number of para-hydroxylation sites is 1. The minimum Gasteiger partial charge on any atom is -0.384 e. The van der Waals surface area contributed by atoms with Crippen LogP contribution < -0.4 is 10.6 Å². The van der Waals surface area contributed by atoms with E-state index >= 15 is 0 Å². The number of ketones is 1. The van der Waals surface area contributed by atoms with E-state index in [0.717, 1.165) is 51.6 Å². The summed E-state index contributed by atoms with van der Waals surface area (Å²) in [5.41, 5.74) is 12.5. The molecule has 6 rings (SSSR count). The Morgan fingerprint density at radius 1 is 1.06 bits per heavy atom. The summed E-state index contributed by atoms with van der Waals surface area (Å²) in [5, 5.41) is 12.5. The van der Waals surface area contributed by atoms with Crippen molar-refractivity contribution in [3.8, 4) is 6.07 Å². The molecule has 1 aliphatic carbocycles. The van der Waals surface area contributed by atoms with Crippen molar-refractivity contribution in [1.82, 2.24) is 9.55 Å². The van der Waals surface area contributed by atoms with Crippen LogP contribution in [0.25, 0.3) is 21.8 Å². The Kier molecular flexibility index (Phi) is 4.53. The fourth-order valence-electron chi connectivity index (χ4n) is 5.57. The summed E-state index contributed by atoms with van der Waals surface area (Å²) in [6.07, 6.45) is 5.38. The zero-order valence-corrected chi connectivity index (χ0v) is 18.8. The van der Waals surface area contributed by atoms with E-state index in [4.69, 9.17) is 5.73 Å². The maximum absolute atomic E-state index is 13.4. The molecule has 3 heterocycles. The predicted octanol–water partition coefficient (Wildman–Crippen LogP) is 5.03. The molecule has 0 spiro atoms. The van der Waals surface area contributed by atoms with E-state index in [1.54, 1.807) is 12.4 Å². The first kappa shape index (κ1) is 20.3. The number of fused-ring (bicyclic) bond motifs is 3. The number of aromatic nitrogens is 2. The van der Waals surface area contributed by atoms with Gasteiger partial charge in [-0.15, -0.1) is 0 Å². The van der Waals surface area contributed by atoms with Gasteiger partial charge in [-0.2, -0.15) is 5.26 Å². The van der Waals surface area contributed by atoms with Crippen LogP contribution in [0.4, 0.5) is 5.69 Å². The van der Waals surface area contributed by atoms with Gasteiger partial charge in [0.05, 0.1) is 29.4 Å². The van der Waals surface area contributed by atoms with Crippen LogP contribution in [0.3, 0.4) is 0 Å². The zero-order chi connectivity index (χ0) is 23.4. The SMILES string of the molecule is Cn1c2ccccc2c2cc([C@H]3C(C#N)=C(N)N(c4cccnc4)C4=C3C(=O)CCC4)ccc21. The molecule has 6 nitrogen and oxygen atoms in total. The predicted molar refractivity (Wildman–Crippen MR) is 133 cm³/mol. The molecule has 6 heteroatoms. The van der Waals surface area contributed by atoms with Crippen molar-refractivity contribution in [3.63, 3.8) is 0 Å². The third-order valence-electron chi connectivity index (χ3n) is 7.09. The minimum atomic E-state index is -0.482. The van der Waals surface area contributed by atoms with Gasteiger partial charge in [-0.25, -0.2) is 0 Å². The molecule has 0 bridgehead atoms. The van der Waals surface area contributed by atoms with Crippen molar-refractivity contribution in [2.24, 2.45) is 12.8 Å². The fraction of sp³-hybridized carbons (Fsp3) is 0.179. The summed E-state index contributed by atoms with van der Waals surface area (Å²) in [5.74, 6) is -0.0329. The van der Waals surface area contributed by atoms with Gasteiger partial charge in [-0.3, -0.25) is 14.7 Å². The number of Topliss-reactive ketones (excluding diaryl/α,β-unsaturated/α-hetero) is 1. The molecule has 2 N–H and O–H groups in total. The van der Waals surface area contributed by atoms with Crippen LogP contribution in [-0.4, -0.2) is 15.3 Å². The molecule has 0 saturated heterocycles. The van der Waals surface area contributed by atoms with Gasteiger partial charge in [0.15, 0.2) is 5.78 Å². The van der Waals surface area contributed by atoms with Gasteiger partial charge in [0.1, 0.15) is 5.82 Å². The maximum atomic E-state index is 13.4. The van der Waals surface area contributed by atoms with Gasteiger partial charge in [-0.1, -0.05) is 24.3 Å². The average Bonchev–Trinajstić information content (AvgIpc) is 3.15. The lowest BCUT2D eigenvalue weighted by Gasteiger charge is -2.39. The number of benzene rings is 2. The normalized spacial score (nSPS) is 18.5. The largest absolute Gasteiger partial charge is 0.384 e. The molecular weight excluding hydrogens is 422 g/mol. The summed E-state index contributed by atoms with van der Waals surface area (Å²) in [6.45, 7) is 0.